The van der Waals surface area contributed by atoms with E-state index >= 15 is 0 Å². The zero-order valence-electron chi connectivity index (χ0n) is 10.6. The number of rotatable bonds is 5. The van der Waals surface area contributed by atoms with Crippen LogP contribution in [-0.2, 0) is 9.53 Å². The Hall–Kier alpha value is -1.69. The zero-order chi connectivity index (χ0) is 13.7. The number of methoxy groups -OCH3 is 1. The number of carbonyl (C=O) groups is 1. The van der Waals surface area contributed by atoms with Crippen molar-refractivity contribution in [1.29, 1.82) is 0 Å². The third kappa shape index (κ3) is 3.66. The average molecular weight is 267 g/mol. The van der Waals surface area contributed by atoms with Crippen LogP contribution in [0.25, 0.3) is 0 Å². The third-order valence-electron chi connectivity index (χ3n) is 2.43. The molecule has 5 nitrogen and oxygen atoms in total. The summed E-state index contributed by atoms with van der Waals surface area (Å²) in [6.45, 7) is 3.85. The van der Waals surface area contributed by atoms with E-state index in [0.717, 1.165) is 0 Å². The van der Waals surface area contributed by atoms with E-state index in [1.54, 1.807) is 18.2 Å². The Kier molecular flexibility index (Phi) is 5.03. The van der Waals surface area contributed by atoms with Crippen molar-refractivity contribution in [3.63, 3.8) is 0 Å². The van der Waals surface area contributed by atoms with Crippen molar-refractivity contribution in [2.24, 2.45) is 11.7 Å². The van der Waals surface area contributed by atoms with E-state index in [9.17, 15) is 4.79 Å². The summed E-state index contributed by atoms with van der Waals surface area (Å²) in [5.41, 5.74) is 6.02. The van der Waals surface area contributed by atoms with Gasteiger partial charge in [-0.1, -0.05) is 32.1 Å². The number of pyridine rings is 1. The van der Waals surface area contributed by atoms with E-state index in [0.29, 0.717) is 11.5 Å². The summed E-state index contributed by atoms with van der Waals surface area (Å²) < 4.78 is 4.74. The van der Waals surface area contributed by atoms with Gasteiger partial charge >= 0.3 is 5.97 Å². The minimum Gasteiger partial charge on any atom is -0.467 e. The van der Waals surface area contributed by atoms with Crippen LogP contribution >= 0.6 is 12.2 Å². The summed E-state index contributed by atoms with van der Waals surface area (Å²) in [5.74, 6) is 0.296. The Morgan fingerprint density at radius 3 is 2.67 bits per heavy atom. The number of hydrogen-bond acceptors (Lipinski definition) is 5. The van der Waals surface area contributed by atoms with Gasteiger partial charge < -0.3 is 15.8 Å². The number of nitrogens with zero attached hydrogens (tertiary/aromatic N) is 1. The Labute approximate surface area is 112 Å². The molecule has 0 aliphatic rings. The summed E-state index contributed by atoms with van der Waals surface area (Å²) >= 11 is 4.86. The summed E-state index contributed by atoms with van der Waals surface area (Å²) in [7, 11) is 1.36. The van der Waals surface area contributed by atoms with E-state index < -0.39 is 6.04 Å². The van der Waals surface area contributed by atoms with Crippen LogP contribution in [0.5, 0.6) is 0 Å². The molecule has 18 heavy (non-hydrogen) atoms. The lowest BCUT2D eigenvalue weighted by Crippen LogP contribution is -2.35. The van der Waals surface area contributed by atoms with Crippen molar-refractivity contribution in [2.75, 3.05) is 12.4 Å². The van der Waals surface area contributed by atoms with Crippen LogP contribution in [0.4, 0.5) is 5.82 Å². The lowest BCUT2D eigenvalue weighted by molar-refractivity contribution is -0.142. The van der Waals surface area contributed by atoms with Crippen LogP contribution in [0.15, 0.2) is 18.2 Å². The number of nitrogens with one attached hydrogen (secondary N) is 1. The van der Waals surface area contributed by atoms with E-state index in [4.69, 9.17) is 22.7 Å². The standard InChI is InChI=1S/C12H17N3O2S/c1-7(2)10(12(16)17-3)15-9-6-4-5-8(14-9)11(13)18/h4-7,10H,1-3H3,(H2,13,18)(H,14,15). The fourth-order valence-electron chi connectivity index (χ4n) is 1.44. The average Bonchev–Trinajstić information content (AvgIpc) is 2.35. The number of anilines is 1. The second-order valence-electron chi connectivity index (χ2n) is 4.16. The number of aromatic nitrogens is 1. The second-order valence-corrected chi connectivity index (χ2v) is 4.60. The molecule has 6 heteroatoms. The Bertz CT molecular complexity index is 449. The normalized spacial score (nSPS) is 12.0. The van der Waals surface area contributed by atoms with Gasteiger partial charge in [0.2, 0.25) is 0 Å². The molecule has 0 bridgehead atoms. The Morgan fingerprint density at radius 1 is 1.50 bits per heavy atom. The van der Waals surface area contributed by atoms with Gasteiger partial charge in [0.05, 0.1) is 12.8 Å². The monoisotopic (exact) mass is 267 g/mol. The topological polar surface area (TPSA) is 77.2 Å². The molecular formula is C12H17N3O2S. The van der Waals surface area contributed by atoms with Gasteiger partial charge in [-0.15, -0.1) is 0 Å². The van der Waals surface area contributed by atoms with E-state index in [1.807, 2.05) is 13.8 Å². The molecule has 1 unspecified atom stereocenters. The van der Waals surface area contributed by atoms with Gasteiger partial charge in [-0.25, -0.2) is 9.78 Å². The van der Waals surface area contributed by atoms with Crippen molar-refractivity contribution in [3.05, 3.63) is 23.9 Å². The molecule has 0 saturated heterocycles. The van der Waals surface area contributed by atoms with E-state index in [1.165, 1.54) is 7.11 Å². The molecule has 0 spiro atoms. The zero-order valence-corrected chi connectivity index (χ0v) is 11.5. The molecule has 3 N–H and O–H groups in total. The number of thiocarbonyl (C=S) groups is 1. The lowest BCUT2D eigenvalue weighted by Gasteiger charge is -2.20. The molecule has 0 amide bonds. The van der Waals surface area contributed by atoms with Crippen LogP contribution in [0, 0.1) is 5.92 Å². The van der Waals surface area contributed by atoms with Crippen molar-refractivity contribution in [3.8, 4) is 0 Å². The van der Waals surface area contributed by atoms with Gasteiger partial charge in [0.1, 0.15) is 16.8 Å². The van der Waals surface area contributed by atoms with Gasteiger partial charge in [-0.2, -0.15) is 0 Å². The first-order valence-corrected chi connectivity index (χ1v) is 5.97. The molecular weight excluding hydrogens is 250 g/mol. The van der Waals surface area contributed by atoms with Gasteiger partial charge in [0.15, 0.2) is 0 Å². The molecule has 0 radical (unpaired) electrons. The van der Waals surface area contributed by atoms with Gasteiger partial charge in [-0.05, 0) is 18.1 Å². The largest absolute Gasteiger partial charge is 0.467 e. The first kappa shape index (κ1) is 14.4. The maximum absolute atomic E-state index is 11.6. The maximum atomic E-state index is 11.6. The van der Waals surface area contributed by atoms with Crippen molar-refractivity contribution in [2.45, 2.75) is 19.9 Å². The predicted octanol–water partition coefficient (Wildman–Crippen LogP) is 1.33. The smallest absolute Gasteiger partial charge is 0.328 e. The van der Waals surface area contributed by atoms with Crippen LogP contribution < -0.4 is 11.1 Å². The first-order chi connectivity index (χ1) is 8.45. The molecule has 1 aromatic rings. The van der Waals surface area contributed by atoms with Crippen LogP contribution in [0.3, 0.4) is 0 Å². The second kappa shape index (κ2) is 6.30. The number of hydrogen-bond donors (Lipinski definition) is 2. The minimum absolute atomic E-state index is 0.0766. The summed E-state index contributed by atoms with van der Waals surface area (Å²) in [6, 6.07) is 4.79. The quantitative estimate of drug-likeness (QED) is 0.619. The SMILES string of the molecule is COC(=O)C(Nc1cccc(C(N)=S)n1)C(C)C. The van der Waals surface area contributed by atoms with Gasteiger partial charge in [0.25, 0.3) is 0 Å². The number of esters is 1. The predicted molar refractivity (Wildman–Crippen MR) is 74.4 cm³/mol. The summed E-state index contributed by atoms with van der Waals surface area (Å²) in [6.07, 6.45) is 0. The highest BCUT2D eigenvalue weighted by Gasteiger charge is 2.23. The third-order valence-corrected chi connectivity index (χ3v) is 2.64. The Balaban J connectivity index is 2.90. The highest BCUT2D eigenvalue weighted by molar-refractivity contribution is 7.80. The molecule has 1 atom stereocenters. The number of carbonyl (C=O) groups excluding carboxylic acids is 1. The van der Waals surface area contributed by atoms with Crippen molar-refractivity contribution < 1.29 is 9.53 Å². The van der Waals surface area contributed by atoms with Gasteiger partial charge in [-0.3, -0.25) is 0 Å². The molecule has 0 aliphatic heterocycles. The van der Waals surface area contributed by atoms with Crippen LogP contribution in [0.2, 0.25) is 0 Å². The van der Waals surface area contributed by atoms with E-state index in [2.05, 4.69) is 10.3 Å². The summed E-state index contributed by atoms with van der Waals surface area (Å²) in [4.78, 5) is 16.1. The molecule has 1 aromatic heterocycles. The fourth-order valence-corrected chi connectivity index (χ4v) is 1.55. The van der Waals surface area contributed by atoms with E-state index in [-0.39, 0.29) is 16.9 Å². The Morgan fingerprint density at radius 2 is 2.17 bits per heavy atom. The highest BCUT2D eigenvalue weighted by atomic mass is 32.1. The fraction of sp³-hybridized carbons (Fsp3) is 0.417. The number of nitrogens with two attached hydrogens (primary N) is 1. The first-order valence-electron chi connectivity index (χ1n) is 5.57. The van der Waals surface area contributed by atoms with Crippen LogP contribution in [0.1, 0.15) is 19.5 Å². The highest BCUT2D eigenvalue weighted by Crippen LogP contribution is 2.12. The molecule has 1 rings (SSSR count). The molecule has 0 saturated carbocycles. The number of ether oxygens (including phenoxy) is 1. The lowest BCUT2D eigenvalue weighted by atomic mass is 10.0. The minimum atomic E-state index is -0.455. The molecule has 1 heterocycles. The molecule has 0 fully saturated rings. The molecule has 0 aromatic carbocycles. The van der Waals surface area contributed by atoms with Crippen LogP contribution in [-0.4, -0.2) is 29.1 Å². The summed E-state index contributed by atoms with van der Waals surface area (Å²) in [5, 5.41) is 3.02. The maximum Gasteiger partial charge on any atom is 0.328 e. The molecule has 98 valence electrons. The van der Waals surface area contributed by atoms with Crippen molar-refractivity contribution >= 4 is 29.0 Å². The van der Waals surface area contributed by atoms with Crippen molar-refractivity contribution in [1.82, 2.24) is 4.98 Å². The van der Waals surface area contributed by atoms with Gasteiger partial charge in [0, 0.05) is 0 Å². The molecule has 0 aliphatic carbocycles.